The fourth-order valence-corrected chi connectivity index (χ4v) is 2.83. The lowest BCUT2D eigenvalue weighted by Gasteiger charge is -2.13. The largest absolute Gasteiger partial charge is 0.462 e. The Hall–Kier alpha value is -1.59. The summed E-state index contributed by atoms with van der Waals surface area (Å²) in [5, 5.41) is 4.30. The van der Waals surface area contributed by atoms with Gasteiger partial charge in [0.25, 0.3) is 0 Å². The zero-order valence-electron chi connectivity index (χ0n) is 12.9. The molecule has 1 aliphatic heterocycles. The minimum Gasteiger partial charge on any atom is -0.462 e. The zero-order valence-corrected chi connectivity index (χ0v) is 14.4. The van der Waals surface area contributed by atoms with Gasteiger partial charge in [-0.1, -0.05) is 47.5 Å². The first-order chi connectivity index (χ1) is 11.6. The molecule has 1 aliphatic rings. The van der Waals surface area contributed by atoms with Crippen LogP contribution in [-0.2, 0) is 9.47 Å². The molecule has 0 aliphatic carbocycles. The van der Waals surface area contributed by atoms with Crippen LogP contribution in [0.5, 0.6) is 0 Å². The van der Waals surface area contributed by atoms with Crippen molar-refractivity contribution >= 4 is 29.2 Å². The van der Waals surface area contributed by atoms with Crippen molar-refractivity contribution in [2.24, 2.45) is 0 Å². The van der Waals surface area contributed by atoms with E-state index in [1.807, 2.05) is 18.2 Å². The van der Waals surface area contributed by atoms with Crippen LogP contribution in [0.25, 0.3) is 0 Å². The van der Waals surface area contributed by atoms with Gasteiger partial charge in [0.05, 0.1) is 28.3 Å². The van der Waals surface area contributed by atoms with Crippen LogP contribution in [0.2, 0.25) is 10.0 Å². The van der Waals surface area contributed by atoms with Crippen molar-refractivity contribution in [3.8, 4) is 0 Å². The standard InChI is InChI=1S/C18H17Cl2NO3/c19-14-7-6-13(10-15(14)20)16-11-21-17(24-16)8-9-23-18(22)12-4-2-1-3-5-12/h1-7,10,16-17,21H,8-9,11H2. The van der Waals surface area contributed by atoms with E-state index in [1.165, 1.54) is 0 Å². The highest BCUT2D eigenvalue weighted by atomic mass is 35.5. The van der Waals surface area contributed by atoms with E-state index in [9.17, 15) is 4.79 Å². The summed E-state index contributed by atoms with van der Waals surface area (Å²) in [5.74, 6) is -0.324. The van der Waals surface area contributed by atoms with Crippen molar-refractivity contribution in [1.82, 2.24) is 5.32 Å². The zero-order chi connectivity index (χ0) is 16.9. The van der Waals surface area contributed by atoms with Gasteiger partial charge in [0.15, 0.2) is 0 Å². The third-order valence-electron chi connectivity index (χ3n) is 3.80. The molecule has 0 amide bonds. The van der Waals surface area contributed by atoms with E-state index in [0.29, 0.717) is 35.2 Å². The van der Waals surface area contributed by atoms with Gasteiger partial charge >= 0.3 is 5.97 Å². The molecule has 0 radical (unpaired) electrons. The number of esters is 1. The Labute approximate surface area is 150 Å². The lowest BCUT2D eigenvalue weighted by molar-refractivity contribution is 0.0145. The van der Waals surface area contributed by atoms with Crippen LogP contribution >= 0.6 is 23.2 Å². The number of hydrogen-bond donors (Lipinski definition) is 1. The van der Waals surface area contributed by atoms with Gasteiger partial charge in [-0.3, -0.25) is 5.32 Å². The van der Waals surface area contributed by atoms with Crippen LogP contribution in [0.15, 0.2) is 48.5 Å². The fraction of sp³-hybridized carbons (Fsp3) is 0.278. The Morgan fingerprint density at radius 3 is 2.71 bits per heavy atom. The molecule has 2 aromatic carbocycles. The smallest absolute Gasteiger partial charge is 0.338 e. The van der Waals surface area contributed by atoms with E-state index in [2.05, 4.69) is 5.32 Å². The molecule has 0 spiro atoms. The number of ether oxygens (including phenoxy) is 2. The molecule has 126 valence electrons. The van der Waals surface area contributed by atoms with E-state index in [0.717, 1.165) is 5.56 Å². The molecule has 3 rings (SSSR count). The van der Waals surface area contributed by atoms with E-state index in [1.54, 1.807) is 30.3 Å². The predicted molar refractivity (Wildman–Crippen MR) is 93.4 cm³/mol. The van der Waals surface area contributed by atoms with Crippen molar-refractivity contribution in [1.29, 1.82) is 0 Å². The van der Waals surface area contributed by atoms with Crippen molar-refractivity contribution in [2.45, 2.75) is 18.8 Å². The first-order valence-electron chi connectivity index (χ1n) is 7.69. The van der Waals surface area contributed by atoms with Crippen molar-refractivity contribution < 1.29 is 14.3 Å². The second-order valence-corrected chi connectivity index (χ2v) is 6.30. The van der Waals surface area contributed by atoms with E-state index < -0.39 is 0 Å². The molecule has 2 aromatic rings. The highest BCUT2D eigenvalue weighted by Crippen LogP contribution is 2.29. The van der Waals surface area contributed by atoms with Crippen LogP contribution in [-0.4, -0.2) is 25.3 Å². The Morgan fingerprint density at radius 1 is 1.17 bits per heavy atom. The number of carbonyl (C=O) groups is 1. The minimum atomic E-state index is -0.324. The van der Waals surface area contributed by atoms with Gasteiger partial charge < -0.3 is 9.47 Å². The second-order valence-electron chi connectivity index (χ2n) is 5.49. The van der Waals surface area contributed by atoms with Crippen molar-refractivity contribution in [3.63, 3.8) is 0 Å². The predicted octanol–water partition coefficient (Wildman–Crippen LogP) is 4.23. The maximum absolute atomic E-state index is 11.9. The molecule has 2 atom stereocenters. The number of rotatable bonds is 5. The minimum absolute atomic E-state index is 0.0883. The van der Waals surface area contributed by atoms with E-state index in [4.69, 9.17) is 32.7 Å². The highest BCUT2D eigenvalue weighted by molar-refractivity contribution is 6.42. The molecule has 0 aromatic heterocycles. The highest BCUT2D eigenvalue weighted by Gasteiger charge is 2.26. The van der Waals surface area contributed by atoms with Crippen LogP contribution in [0.4, 0.5) is 0 Å². The van der Waals surface area contributed by atoms with Gasteiger partial charge in [0.1, 0.15) is 6.23 Å². The Bertz CT molecular complexity index is 709. The SMILES string of the molecule is O=C(OCCC1NCC(c2ccc(Cl)c(Cl)c2)O1)c1ccccc1. The van der Waals surface area contributed by atoms with Crippen molar-refractivity contribution in [2.75, 3.05) is 13.2 Å². The summed E-state index contributed by atoms with van der Waals surface area (Å²) in [5.41, 5.74) is 1.52. The van der Waals surface area contributed by atoms with Gasteiger partial charge in [-0.15, -0.1) is 0 Å². The number of halogens is 2. The molecule has 4 nitrogen and oxygen atoms in total. The van der Waals surface area contributed by atoms with Gasteiger partial charge in [-0.2, -0.15) is 0 Å². The van der Waals surface area contributed by atoms with E-state index in [-0.39, 0.29) is 18.3 Å². The summed E-state index contributed by atoms with van der Waals surface area (Å²) in [6, 6.07) is 14.4. The molecule has 6 heteroatoms. The van der Waals surface area contributed by atoms with Gasteiger partial charge in [-0.25, -0.2) is 4.79 Å². The molecular weight excluding hydrogens is 349 g/mol. The Kier molecular flexibility index (Phi) is 5.74. The summed E-state index contributed by atoms with van der Waals surface area (Å²) < 4.78 is 11.2. The summed E-state index contributed by atoms with van der Waals surface area (Å²) in [4.78, 5) is 11.9. The van der Waals surface area contributed by atoms with Crippen LogP contribution < -0.4 is 5.32 Å². The average Bonchev–Trinajstić information content (AvgIpc) is 3.07. The quantitative estimate of drug-likeness (QED) is 0.805. The molecule has 1 heterocycles. The number of nitrogens with one attached hydrogen (secondary N) is 1. The summed E-state index contributed by atoms with van der Waals surface area (Å²) in [6.07, 6.45) is 0.332. The third kappa shape index (κ3) is 4.28. The third-order valence-corrected chi connectivity index (χ3v) is 4.54. The summed E-state index contributed by atoms with van der Waals surface area (Å²) >= 11 is 12.0. The monoisotopic (exact) mass is 365 g/mol. The Morgan fingerprint density at radius 2 is 1.96 bits per heavy atom. The molecule has 0 bridgehead atoms. The molecule has 1 N–H and O–H groups in total. The maximum Gasteiger partial charge on any atom is 0.338 e. The number of carbonyl (C=O) groups excluding carboxylic acids is 1. The average molecular weight is 366 g/mol. The molecule has 1 fully saturated rings. The lowest BCUT2D eigenvalue weighted by Crippen LogP contribution is -2.24. The number of hydrogen-bond acceptors (Lipinski definition) is 4. The lowest BCUT2D eigenvalue weighted by atomic mass is 10.1. The first kappa shape index (κ1) is 17.2. The van der Waals surface area contributed by atoms with Gasteiger partial charge in [0, 0.05) is 13.0 Å². The fourth-order valence-electron chi connectivity index (χ4n) is 2.53. The molecule has 1 saturated heterocycles. The molecule has 2 unspecified atom stereocenters. The van der Waals surface area contributed by atoms with Crippen LogP contribution in [0, 0.1) is 0 Å². The molecule has 0 saturated carbocycles. The topological polar surface area (TPSA) is 47.6 Å². The maximum atomic E-state index is 11.9. The first-order valence-corrected chi connectivity index (χ1v) is 8.45. The molecule has 24 heavy (non-hydrogen) atoms. The Balaban J connectivity index is 1.46. The van der Waals surface area contributed by atoms with Crippen LogP contribution in [0.3, 0.4) is 0 Å². The van der Waals surface area contributed by atoms with Crippen LogP contribution in [0.1, 0.15) is 28.4 Å². The van der Waals surface area contributed by atoms with Gasteiger partial charge in [0.2, 0.25) is 0 Å². The van der Waals surface area contributed by atoms with E-state index >= 15 is 0 Å². The second kappa shape index (κ2) is 7.99. The normalized spacial score (nSPS) is 20.1. The summed E-state index contributed by atoms with van der Waals surface area (Å²) in [6.45, 7) is 0.967. The summed E-state index contributed by atoms with van der Waals surface area (Å²) in [7, 11) is 0. The van der Waals surface area contributed by atoms with Crippen molar-refractivity contribution in [3.05, 3.63) is 69.7 Å². The van der Waals surface area contributed by atoms with Gasteiger partial charge in [-0.05, 0) is 29.8 Å². The molecular formula is C18H17Cl2NO3. The number of benzene rings is 2.